The number of rotatable bonds is 7. The SMILES string of the molecule is C[C@H](NC(=O)c1cc(-c2cccs2)cc2scc(Cc3ccc4ccccc4c3)c12)c1ccc(C(=O)O)cc1. The first-order chi connectivity index (χ1) is 19.0. The second-order valence-electron chi connectivity index (χ2n) is 9.62. The zero-order valence-corrected chi connectivity index (χ0v) is 22.8. The first-order valence-corrected chi connectivity index (χ1v) is 14.4. The highest BCUT2D eigenvalue weighted by atomic mass is 32.1. The van der Waals surface area contributed by atoms with E-state index in [1.54, 1.807) is 46.9 Å². The van der Waals surface area contributed by atoms with Gasteiger partial charge in [0.15, 0.2) is 0 Å². The van der Waals surface area contributed by atoms with Gasteiger partial charge in [0.05, 0.1) is 11.6 Å². The maximum absolute atomic E-state index is 13.8. The van der Waals surface area contributed by atoms with Crippen molar-refractivity contribution in [3.63, 3.8) is 0 Å². The summed E-state index contributed by atoms with van der Waals surface area (Å²) in [7, 11) is 0. The van der Waals surface area contributed by atoms with Gasteiger partial charge in [-0.1, -0.05) is 60.7 Å². The Bertz CT molecular complexity index is 1820. The smallest absolute Gasteiger partial charge is 0.335 e. The molecule has 2 N–H and O–H groups in total. The van der Waals surface area contributed by atoms with Crippen LogP contribution in [0.2, 0.25) is 0 Å². The third-order valence-electron chi connectivity index (χ3n) is 7.02. The number of amides is 1. The molecule has 0 fully saturated rings. The van der Waals surface area contributed by atoms with E-state index in [-0.39, 0.29) is 17.5 Å². The van der Waals surface area contributed by atoms with Gasteiger partial charge in [-0.3, -0.25) is 4.79 Å². The van der Waals surface area contributed by atoms with Crippen molar-refractivity contribution in [3.8, 4) is 10.4 Å². The molecule has 0 aliphatic carbocycles. The van der Waals surface area contributed by atoms with Crippen molar-refractivity contribution in [2.24, 2.45) is 0 Å². The van der Waals surface area contributed by atoms with Crippen molar-refractivity contribution < 1.29 is 14.7 Å². The summed E-state index contributed by atoms with van der Waals surface area (Å²) in [5.74, 6) is -1.12. The van der Waals surface area contributed by atoms with Crippen LogP contribution in [0.5, 0.6) is 0 Å². The number of carbonyl (C=O) groups is 2. The summed E-state index contributed by atoms with van der Waals surface area (Å²) in [6.07, 6.45) is 0.732. The van der Waals surface area contributed by atoms with Crippen LogP contribution in [0.25, 0.3) is 31.3 Å². The Labute approximate surface area is 234 Å². The molecule has 0 spiro atoms. The highest BCUT2D eigenvalue weighted by molar-refractivity contribution is 7.17. The second-order valence-corrected chi connectivity index (χ2v) is 11.5. The maximum Gasteiger partial charge on any atom is 0.335 e. The molecule has 2 heterocycles. The number of fused-ring (bicyclic) bond motifs is 2. The van der Waals surface area contributed by atoms with Gasteiger partial charge in [0, 0.05) is 20.5 Å². The van der Waals surface area contributed by atoms with E-state index in [0.717, 1.165) is 38.1 Å². The lowest BCUT2D eigenvalue weighted by molar-refractivity contribution is 0.0696. The lowest BCUT2D eigenvalue weighted by atomic mass is 9.96. The number of carboxylic acid groups (broad SMARTS) is 1. The number of thiophene rings is 2. The summed E-state index contributed by atoms with van der Waals surface area (Å²) in [5, 5.41) is 20.0. The van der Waals surface area contributed by atoms with Crippen LogP contribution in [0.3, 0.4) is 0 Å². The fourth-order valence-corrected chi connectivity index (χ4v) is 6.71. The number of aromatic carboxylic acids is 1. The van der Waals surface area contributed by atoms with Crippen LogP contribution < -0.4 is 5.32 Å². The molecule has 2 aromatic heterocycles. The molecule has 1 atom stereocenters. The van der Waals surface area contributed by atoms with Gasteiger partial charge in [-0.2, -0.15) is 0 Å². The van der Waals surface area contributed by atoms with Gasteiger partial charge in [0.25, 0.3) is 5.91 Å². The third kappa shape index (κ3) is 5.09. The Morgan fingerprint density at radius 1 is 0.872 bits per heavy atom. The average Bonchev–Trinajstić information content (AvgIpc) is 3.63. The first-order valence-electron chi connectivity index (χ1n) is 12.7. The molecule has 6 rings (SSSR count). The molecule has 0 aliphatic rings. The minimum atomic E-state index is -0.970. The molecule has 4 nitrogen and oxygen atoms in total. The van der Waals surface area contributed by atoms with Gasteiger partial charge < -0.3 is 10.4 Å². The number of hydrogen-bond acceptors (Lipinski definition) is 4. The predicted octanol–water partition coefficient (Wildman–Crippen LogP) is 8.56. The quantitative estimate of drug-likeness (QED) is 0.210. The number of hydrogen-bond donors (Lipinski definition) is 2. The molecule has 39 heavy (non-hydrogen) atoms. The Morgan fingerprint density at radius 3 is 2.41 bits per heavy atom. The maximum atomic E-state index is 13.8. The highest BCUT2D eigenvalue weighted by Crippen LogP contribution is 2.37. The number of nitrogens with one attached hydrogen (secondary N) is 1. The molecule has 0 radical (unpaired) electrons. The summed E-state index contributed by atoms with van der Waals surface area (Å²) in [4.78, 5) is 26.2. The number of carboxylic acids is 1. The van der Waals surface area contributed by atoms with Crippen LogP contribution in [0.1, 0.15) is 50.4 Å². The highest BCUT2D eigenvalue weighted by Gasteiger charge is 2.20. The third-order valence-corrected chi connectivity index (χ3v) is 8.91. The Morgan fingerprint density at radius 2 is 1.67 bits per heavy atom. The lowest BCUT2D eigenvalue weighted by Crippen LogP contribution is -2.27. The number of benzene rings is 4. The average molecular weight is 548 g/mol. The normalized spacial score (nSPS) is 12.0. The van der Waals surface area contributed by atoms with Crippen molar-refractivity contribution >= 4 is 55.4 Å². The van der Waals surface area contributed by atoms with Gasteiger partial charge in [-0.15, -0.1) is 22.7 Å². The van der Waals surface area contributed by atoms with Gasteiger partial charge in [0.2, 0.25) is 0 Å². The van der Waals surface area contributed by atoms with E-state index in [2.05, 4.69) is 59.2 Å². The molecule has 0 unspecified atom stereocenters. The zero-order chi connectivity index (χ0) is 26.9. The van der Waals surface area contributed by atoms with Crippen molar-refractivity contribution in [1.82, 2.24) is 5.32 Å². The summed E-state index contributed by atoms with van der Waals surface area (Å²) < 4.78 is 1.08. The molecular weight excluding hydrogens is 523 g/mol. The second kappa shape index (κ2) is 10.5. The molecule has 0 saturated heterocycles. The summed E-state index contributed by atoms with van der Waals surface area (Å²) in [6.45, 7) is 1.91. The van der Waals surface area contributed by atoms with E-state index >= 15 is 0 Å². The molecule has 0 bridgehead atoms. The molecule has 1 amide bonds. The molecule has 0 saturated carbocycles. The summed E-state index contributed by atoms with van der Waals surface area (Å²) >= 11 is 3.32. The fraction of sp³-hybridized carbons (Fsp3) is 0.0909. The Hall–Kier alpha value is -4.26. The zero-order valence-electron chi connectivity index (χ0n) is 21.2. The van der Waals surface area contributed by atoms with E-state index in [4.69, 9.17) is 0 Å². The van der Waals surface area contributed by atoms with Crippen LogP contribution in [0.4, 0.5) is 0 Å². The van der Waals surface area contributed by atoms with Crippen LogP contribution in [0, 0.1) is 0 Å². The topological polar surface area (TPSA) is 66.4 Å². The molecule has 6 aromatic rings. The lowest BCUT2D eigenvalue weighted by Gasteiger charge is -2.16. The van der Waals surface area contributed by atoms with Crippen LogP contribution >= 0.6 is 22.7 Å². The van der Waals surface area contributed by atoms with Crippen LogP contribution in [-0.4, -0.2) is 17.0 Å². The predicted molar refractivity (Wildman–Crippen MR) is 161 cm³/mol. The molecule has 4 aromatic carbocycles. The summed E-state index contributed by atoms with van der Waals surface area (Å²) in [6, 6.07) is 29.5. The van der Waals surface area contributed by atoms with Crippen molar-refractivity contribution in [2.75, 3.05) is 0 Å². The molecule has 0 aliphatic heterocycles. The van der Waals surface area contributed by atoms with E-state index in [1.165, 1.54) is 16.3 Å². The van der Waals surface area contributed by atoms with Crippen molar-refractivity contribution in [1.29, 1.82) is 0 Å². The number of carbonyl (C=O) groups excluding carboxylic acids is 1. The molecule has 6 heteroatoms. The summed E-state index contributed by atoms with van der Waals surface area (Å²) in [5.41, 5.74) is 5.09. The van der Waals surface area contributed by atoms with Crippen LogP contribution in [-0.2, 0) is 6.42 Å². The minimum absolute atomic E-state index is 0.147. The van der Waals surface area contributed by atoms with E-state index < -0.39 is 5.97 Å². The van der Waals surface area contributed by atoms with Crippen molar-refractivity contribution in [2.45, 2.75) is 19.4 Å². The van der Waals surface area contributed by atoms with E-state index in [0.29, 0.717) is 5.56 Å². The van der Waals surface area contributed by atoms with E-state index in [1.807, 2.05) is 30.5 Å². The largest absolute Gasteiger partial charge is 0.478 e. The fourth-order valence-electron chi connectivity index (χ4n) is 4.97. The Kier molecular flexibility index (Phi) is 6.73. The molecular formula is C33H25NO3S2. The van der Waals surface area contributed by atoms with Crippen LogP contribution in [0.15, 0.2) is 102 Å². The monoisotopic (exact) mass is 547 g/mol. The molecule has 192 valence electrons. The van der Waals surface area contributed by atoms with Crippen molar-refractivity contribution in [3.05, 3.63) is 130 Å². The minimum Gasteiger partial charge on any atom is -0.478 e. The van der Waals surface area contributed by atoms with Gasteiger partial charge in [-0.05, 0) is 87.5 Å². The van der Waals surface area contributed by atoms with Gasteiger partial charge >= 0.3 is 5.97 Å². The standard InChI is InChI=1S/C33H25NO3S2/c1-20(22-10-12-24(13-11-22)33(36)37)34-32(35)28-17-26(29-7-4-14-38-29)18-30-31(28)27(19-39-30)16-21-8-9-23-5-2-3-6-25(23)15-21/h2-15,17-20H,16H2,1H3,(H,34,35)(H,36,37)/t20-/m0/s1. The van der Waals surface area contributed by atoms with Gasteiger partial charge in [-0.25, -0.2) is 4.79 Å². The van der Waals surface area contributed by atoms with Gasteiger partial charge in [0.1, 0.15) is 0 Å². The Balaban J connectivity index is 1.38. The first kappa shape index (κ1) is 25.0. The van der Waals surface area contributed by atoms with E-state index in [9.17, 15) is 14.7 Å².